The number of rotatable bonds is 2. The van der Waals surface area contributed by atoms with Gasteiger partial charge in [-0.1, -0.05) is 6.92 Å². The number of amides is 1. The normalized spacial score (nSPS) is 23.0. The van der Waals surface area contributed by atoms with Gasteiger partial charge in [-0.25, -0.2) is 8.78 Å². The van der Waals surface area contributed by atoms with Gasteiger partial charge < -0.3 is 11.1 Å². The van der Waals surface area contributed by atoms with Crippen molar-refractivity contribution in [3.05, 3.63) is 29.3 Å². The van der Waals surface area contributed by atoms with E-state index in [1.807, 2.05) is 0 Å². The number of carbonyl (C=O) groups excluding carboxylic acids is 1. The maximum Gasteiger partial charge on any atom is 0.253 e. The maximum atomic E-state index is 13.0. The summed E-state index contributed by atoms with van der Waals surface area (Å²) in [6.07, 6.45) is 1.82. The number of nitrogen functional groups attached to an aromatic ring is 1. The average molecular weight is 240 g/mol. The van der Waals surface area contributed by atoms with E-state index in [2.05, 4.69) is 12.2 Å². The van der Waals surface area contributed by atoms with Gasteiger partial charge >= 0.3 is 0 Å². The first-order valence-electron chi connectivity index (χ1n) is 5.52. The molecule has 1 fully saturated rings. The van der Waals surface area contributed by atoms with E-state index in [1.165, 1.54) is 0 Å². The highest BCUT2D eigenvalue weighted by Gasteiger charge is 2.27. The highest BCUT2D eigenvalue weighted by Crippen LogP contribution is 2.27. The van der Waals surface area contributed by atoms with E-state index in [9.17, 15) is 13.6 Å². The molecule has 0 aliphatic heterocycles. The van der Waals surface area contributed by atoms with Crippen LogP contribution in [-0.2, 0) is 0 Å². The van der Waals surface area contributed by atoms with Gasteiger partial charge in [0.05, 0.1) is 5.56 Å². The lowest BCUT2D eigenvalue weighted by Crippen LogP contribution is -2.43. The second kappa shape index (κ2) is 4.31. The molecule has 0 atom stereocenters. The molecule has 0 unspecified atom stereocenters. The smallest absolute Gasteiger partial charge is 0.253 e. The summed E-state index contributed by atoms with van der Waals surface area (Å²) in [6.45, 7) is 2.09. The van der Waals surface area contributed by atoms with Crippen molar-refractivity contribution in [1.82, 2.24) is 5.32 Å². The van der Waals surface area contributed by atoms with Gasteiger partial charge in [0, 0.05) is 17.8 Å². The molecule has 17 heavy (non-hydrogen) atoms. The van der Waals surface area contributed by atoms with Crippen molar-refractivity contribution in [2.75, 3.05) is 5.73 Å². The van der Waals surface area contributed by atoms with Crippen molar-refractivity contribution in [3.8, 4) is 0 Å². The zero-order chi connectivity index (χ0) is 12.6. The summed E-state index contributed by atoms with van der Waals surface area (Å²) < 4.78 is 25.8. The zero-order valence-corrected chi connectivity index (χ0v) is 9.47. The van der Waals surface area contributed by atoms with Crippen LogP contribution in [0.25, 0.3) is 0 Å². The Morgan fingerprint density at radius 3 is 2.53 bits per heavy atom. The molecule has 0 bridgehead atoms. The van der Waals surface area contributed by atoms with Crippen LogP contribution in [0.3, 0.4) is 0 Å². The number of anilines is 1. The number of hydrogen-bond donors (Lipinski definition) is 2. The Morgan fingerprint density at radius 2 is 1.94 bits per heavy atom. The minimum Gasteiger partial charge on any atom is -0.398 e. The summed E-state index contributed by atoms with van der Waals surface area (Å²) in [6, 6.07) is 1.78. The van der Waals surface area contributed by atoms with Crippen molar-refractivity contribution < 1.29 is 13.6 Å². The van der Waals surface area contributed by atoms with E-state index in [-0.39, 0.29) is 17.3 Å². The molecule has 1 aromatic carbocycles. The van der Waals surface area contributed by atoms with E-state index in [1.54, 1.807) is 0 Å². The summed E-state index contributed by atoms with van der Waals surface area (Å²) >= 11 is 0. The van der Waals surface area contributed by atoms with Crippen molar-refractivity contribution in [3.63, 3.8) is 0 Å². The molecular formula is C12H14F2N2O. The van der Waals surface area contributed by atoms with Crippen LogP contribution in [0.5, 0.6) is 0 Å². The number of hydrogen-bond acceptors (Lipinski definition) is 2. The quantitative estimate of drug-likeness (QED) is 0.777. The molecule has 1 amide bonds. The Bertz CT molecular complexity index is 456. The Balaban J connectivity index is 2.11. The highest BCUT2D eigenvalue weighted by atomic mass is 19.2. The van der Waals surface area contributed by atoms with Crippen LogP contribution < -0.4 is 11.1 Å². The second-order valence-corrected chi connectivity index (χ2v) is 4.60. The van der Waals surface area contributed by atoms with Crippen molar-refractivity contribution >= 4 is 11.6 Å². The first kappa shape index (κ1) is 11.8. The molecule has 3 N–H and O–H groups in total. The largest absolute Gasteiger partial charge is 0.398 e. The van der Waals surface area contributed by atoms with Gasteiger partial charge in [0.1, 0.15) is 0 Å². The predicted octanol–water partition coefficient (Wildman–Crippen LogP) is 2.08. The standard InChI is InChI=1S/C12H14F2N2O/c1-6-2-7(3-6)16-12(17)8-4-9(13)10(14)5-11(8)15/h4-7H,2-3,15H2,1H3,(H,16,17). The molecule has 0 radical (unpaired) electrons. The third-order valence-electron chi connectivity index (χ3n) is 3.05. The van der Waals surface area contributed by atoms with E-state index in [0.29, 0.717) is 5.92 Å². The molecular weight excluding hydrogens is 226 g/mol. The third kappa shape index (κ3) is 2.38. The Morgan fingerprint density at radius 1 is 1.35 bits per heavy atom. The number of benzene rings is 1. The van der Waals surface area contributed by atoms with Crippen LogP contribution in [-0.4, -0.2) is 11.9 Å². The maximum absolute atomic E-state index is 13.0. The minimum atomic E-state index is -1.06. The molecule has 5 heteroatoms. The number of nitrogens with one attached hydrogen (secondary N) is 1. The molecule has 2 rings (SSSR count). The fourth-order valence-corrected chi connectivity index (χ4v) is 2.04. The SMILES string of the molecule is CC1CC(NC(=O)c2cc(F)c(F)cc2N)C1. The summed E-state index contributed by atoms with van der Waals surface area (Å²) in [7, 11) is 0. The van der Waals surface area contributed by atoms with Crippen LogP contribution in [0.1, 0.15) is 30.1 Å². The molecule has 0 spiro atoms. The van der Waals surface area contributed by atoms with Crippen molar-refractivity contribution in [2.24, 2.45) is 5.92 Å². The van der Waals surface area contributed by atoms with E-state index < -0.39 is 17.5 Å². The van der Waals surface area contributed by atoms with Crippen LogP contribution in [0.4, 0.5) is 14.5 Å². The highest BCUT2D eigenvalue weighted by molar-refractivity contribution is 5.99. The van der Waals surface area contributed by atoms with E-state index in [4.69, 9.17) is 5.73 Å². The monoisotopic (exact) mass is 240 g/mol. The van der Waals surface area contributed by atoms with Gasteiger partial charge in [0.15, 0.2) is 11.6 Å². The fourth-order valence-electron chi connectivity index (χ4n) is 2.04. The first-order chi connectivity index (χ1) is 7.97. The van der Waals surface area contributed by atoms with Gasteiger partial charge in [0.25, 0.3) is 5.91 Å². The fraction of sp³-hybridized carbons (Fsp3) is 0.417. The molecule has 1 aliphatic rings. The van der Waals surface area contributed by atoms with Crippen molar-refractivity contribution in [2.45, 2.75) is 25.8 Å². The zero-order valence-electron chi connectivity index (χ0n) is 9.47. The lowest BCUT2D eigenvalue weighted by molar-refractivity contribution is 0.0896. The summed E-state index contributed by atoms with van der Waals surface area (Å²) in [5.41, 5.74) is 5.43. The predicted molar refractivity (Wildman–Crippen MR) is 60.4 cm³/mol. The molecule has 1 saturated carbocycles. The second-order valence-electron chi connectivity index (χ2n) is 4.60. The Hall–Kier alpha value is -1.65. The first-order valence-corrected chi connectivity index (χ1v) is 5.52. The molecule has 3 nitrogen and oxygen atoms in total. The number of nitrogens with two attached hydrogens (primary N) is 1. The van der Waals surface area contributed by atoms with E-state index in [0.717, 1.165) is 25.0 Å². The van der Waals surface area contributed by atoms with Gasteiger partial charge in [-0.2, -0.15) is 0 Å². The molecule has 1 aliphatic carbocycles. The minimum absolute atomic E-state index is 0.0107. The average Bonchev–Trinajstić information content (AvgIpc) is 2.21. The van der Waals surface area contributed by atoms with Gasteiger partial charge in [-0.05, 0) is 24.8 Å². The Labute approximate surface area is 98.0 Å². The summed E-state index contributed by atoms with van der Waals surface area (Å²) in [5.74, 6) is -1.96. The number of halogens is 2. The lowest BCUT2D eigenvalue weighted by Gasteiger charge is -2.33. The van der Waals surface area contributed by atoms with Gasteiger partial charge in [-0.3, -0.25) is 4.79 Å². The number of carbonyl (C=O) groups is 1. The lowest BCUT2D eigenvalue weighted by atomic mass is 9.82. The molecule has 1 aromatic rings. The molecule has 0 saturated heterocycles. The van der Waals surface area contributed by atoms with Crippen LogP contribution in [0.15, 0.2) is 12.1 Å². The summed E-state index contributed by atoms with van der Waals surface area (Å²) in [5, 5.41) is 2.74. The Kier molecular flexibility index (Phi) is 3.00. The van der Waals surface area contributed by atoms with E-state index >= 15 is 0 Å². The van der Waals surface area contributed by atoms with Gasteiger partial charge in [0.2, 0.25) is 0 Å². The van der Waals surface area contributed by atoms with Crippen LogP contribution in [0, 0.1) is 17.6 Å². The topological polar surface area (TPSA) is 55.1 Å². The molecule has 92 valence electrons. The van der Waals surface area contributed by atoms with Gasteiger partial charge in [-0.15, -0.1) is 0 Å². The molecule has 0 heterocycles. The van der Waals surface area contributed by atoms with Crippen molar-refractivity contribution in [1.29, 1.82) is 0 Å². The van der Waals surface area contributed by atoms with Crippen LogP contribution in [0.2, 0.25) is 0 Å². The van der Waals surface area contributed by atoms with Crippen LogP contribution >= 0.6 is 0 Å². The summed E-state index contributed by atoms with van der Waals surface area (Å²) in [4.78, 5) is 11.8. The third-order valence-corrected chi connectivity index (χ3v) is 3.05. The molecule has 0 aromatic heterocycles.